The van der Waals surface area contributed by atoms with Gasteiger partial charge in [-0.05, 0) is 70.3 Å². The average Bonchev–Trinajstić information content (AvgIpc) is 3.28. The summed E-state index contributed by atoms with van der Waals surface area (Å²) in [6.45, 7) is 1.08. The molecule has 0 atom stereocenters. The highest BCUT2D eigenvalue weighted by atomic mass is 35.5. The Labute approximate surface area is 333 Å². The van der Waals surface area contributed by atoms with Crippen LogP contribution >= 0.6 is 11.6 Å². The Morgan fingerprint density at radius 2 is 1.00 bits per heavy atom. The van der Waals surface area contributed by atoms with Gasteiger partial charge in [-0.3, -0.25) is 9.97 Å². The number of nitriles is 1. The SMILES string of the molecule is Clc1nc(NCc2ccccn2)c2c(-c3ccccc3)cccc2n1.N#Cc1ncc(-c2nc(NCc3ccccn3)c3c(-c4ccccc4)cccc3n2)cn1. The van der Waals surface area contributed by atoms with Gasteiger partial charge in [0.2, 0.25) is 11.1 Å². The second-order valence-corrected chi connectivity index (χ2v) is 13.0. The van der Waals surface area contributed by atoms with Crippen LogP contribution in [0.1, 0.15) is 17.2 Å². The summed E-state index contributed by atoms with van der Waals surface area (Å²) in [7, 11) is 0. The van der Waals surface area contributed by atoms with Gasteiger partial charge in [0.05, 0.1) is 51.8 Å². The van der Waals surface area contributed by atoms with Crippen molar-refractivity contribution in [3.8, 4) is 39.7 Å². The first-order valence-electron chi connectivity index (χ1n) is 18.0. The Morgan fingerprint density at radius 3 is 1.51 bits per heavy atom. The topological polar surface area (TPSA) is 151 Å². The minimum atomic E-state index is 0.106. The Morgan fingerprint density at radius 1 is 0.491 bits per heavy atom. The van der Waals surface area contributed by atoms with Gasteiger partial charge in [0.25, 0.3) is 0 Å². The molecule has 57 heavy (non-hydrogen) atoms. The van der Waals surface area contributed by atoms with Gasteiger partial charge in [-0.2, -0.15) is 5.26 Å². The number of hydrogen-bond donors (Lipinski definition) is 2. The van der Waals surface area contributed by atoms with Crippen LogP contribution in [-0.2, 0) is 13.1 Å². The minimum Gasteiger partial charge on any atom is -0.364 e. The molecule has 9 rings (SSSR count). The minimum absolute atomic E-state index is 0.106. The summed E-state index contributed by atoms with van der Waals surface area (Å²) >= 11 is 6.13. The third-order valence-corrected chi connectivity index (χ3v) is 9.09. The van der Waals surface area contributed by atoms with E-state index in [2.05, 4.69) is 76.9 Å². The van der Waals surface area contributed by atoms with E-state index in [0.717, 1.165) is 55.4 Å². The largest absolute Gasteiger partial charge is 0.364 e. The highest BCUT2D eigenvalue weighted by Crippen LogP contribution is 2.35. The van der Waals surface area contributed by atoms with Gasteiger partial charge in [-0.15, -0.1) is 0 Å². The Balaban J connectivity index is 0.000000165. The third-order valence-electron chi connectivity index (χ3n) is 8.93. The van der Waals surface area contributed by atoms with Crippen molar-refractivity contribution in [1.29, 1.82) is 5.26 Å². The Bertz CT molecular complexity index is 2800. The molecule has 0 saturated carbocycles. The van der Waals surface area contributed by atoms with E-state index in [4.69, 9.17) is 26.8 Å². The predicted molar refractivity (Wildman–Crippen MR) is 224 cm³/mol. The predicted octanol–water partition coefficient (Wildman–Crippen LogP) is 9.59. The molecule has 5 aromatic heterocycles. The summed E-state index contributed by atoms with van der Waals surface area (Å²) in [6.07, 6.45) is 6.67. The van der Waals surface area contributed by atoms with Gasteiger partial charge >= 0.3 is 0 Å². The fraction of sp³-hybridized carbons (Fsp3) is 0.0444. The van der Waals surface area contributed by atoms with E-state index in [1.54, 1.807) is 24.8 Å². The van der Waals surface area contributed by atoms with Crippen LogP contribution in [0.25, 0.3) is 55.4 Å². The van der Waals surface area contributed by atoms with E-state index in [0.29, 0.717) is 36.1 Å². The van der Waals surface area contributed by atoms with Crippen molar-refractivity contribution in [2.75, 3.05) is 10.6 Å². The zero-order valence-corrected chi connectivity index (χ0v) is 31.1. The third kappa shape index (κ3) is 8.52. The molecule has 0 bridgehead atoms. The number of nitrogens with one attached hydrogen (secondary N) is 2. The molecule has 4 aromatic carbocycles. The first-order chi connectivity index (χ1) is 28.1. The number of pyridine rings is 2. The maximum atomic E-state index is 8.98. The van der Waals surface area contributed by atoms with Crippen molar-refractivity contribution in [2.45, 2.75) is 13.1 Å². The molecule has 0 amide bonds. The summed E-state index contributed by atoms with van der Waals surface area (Å²) in [5.41, 5.74) is 8.37. The van der Waals surface area contributed by atoms with Gasteiger partial charge in [0.1, 0.15) is 17.7 Å². The maximum Gasteiger partial charge on any atom is 0.232 e. The fourth-order valence-corrected chi connectivity index (χ4v) is 6.47. The molecule has 274 valence electrons. The standard InChI is InChI=1S/C25H17N7.C20H15ClN4/c26-13-22-28-14-18(15-29-22)24-31-21-11-6-10-20(17-7-2-1-3-8-17)23(21)25(32-24)30-16-19-9-4-5-12-27-19;21-20-24-17-11-6-10-16(14-7-2-1-3-8-14)18(17)19(25-20)23-13-15-9-4-5-12-22-15/h1-12,14-15H,16H2,(H,30,31,32);1-12H,13H2,(H,23,24,25). The van der Waals surface area contributed by atoms with E-state index in [1.807, 2.05) is 103 Å². The van der Waals surface area contributed by atoms with Crippen LogP contribution in [0.4, 0.5) is 11.6 Å². The highest BCUT2D eigenvalue weighted by Gasteiger charge is 2.16. The lowest BCUT2D eigenvalue weighted by molar-refractivity contribution is 1.03. The zero-order chi connectivity index (χ0) is 38.8. The van der Waals surface area contributed by atoms with Crippen LogP contribution in [-0.4, -0.2) is 39.9 Å². The summed E-state index contributed by atoms with van der Waals surface area (Å²) in [6, 6.07) is 45.9. The van der Waals surface area contributed by atoms with Crippen LogP contribution in [0.5, 0.6) is 0 Å². The fourth-order valence-electron chi connectivity index (χ4n) is 6.29. The molecule has 11 nitrogen and oxygen atoms in total. The maximum absolute atomic E-state index is 8.98. The molecule has 0 radical (unpaired) electrons. The Hall–Kier alpha value is -7.68. The molecule has 12 heteroatoms. The van der Waals surface area contributed by atoms with Crippen molar-refractivity contribution in [1.82, 2.24) is 39.9 Å². The first kappa shape index (κ1) is 36.3. The number of nitrogens with zero attached hydrogens (tertiary/aromatic N) is 9. The van der Waals surface area contributed by atoms with Gasteiger partial charge in [-0.1, -0.05) is 97.1 Å². The van der Waals surface area contributed by atoms with Gasteiger partial charge in [-0.25, -0.2) is 29.9 Å². The lowest BCUT2D eigenvalue weighted by Crippen LogP contribution is -2.06. The molecular weight excluding hydrogens is 730 g/mol. The molecule has 0 spiro atoms. The highest BCUT2D eigenvalue weighted by molar-refractivity contribution is 6.29. The molecule has 0 unspecified atom stereocenters. The van der Waals surface area contributed by atoms with Crippen molar-refractivity contribution < 1.29 is 0 Å². The number of benzene rings is 4. The van der Waals surface area contributed by atoms with Gasteiger partial charge in [0, 0.05) is 24.8 Å². The van der Waals surface area contributed by atoms with Crippen LogP contribution in [0.3, 0.4) is 0 Å². The number of halogens is 1. The summed E-state index contributed by atoms with van der Waals surface area (Å²) in [4.78, 5) is 35.2. The monoisotopic (exact) mass is 761 g/mol. The lowest BCUT2D eigenvalue weighted by atomic mass is 10.0. The first-order valence-corrected chi connectivity index (χ1v) is 18.4. The molecule has 0 aliphatic rings. The van der Waals surface area contributed by atoms with Gasteiger partial charge < -0.3 is 10.6 Å². The molecule has 0 fully saturated rings. The molecule has 5 heterocycles. The molecule has 9 aromatic rings. The van der Waals surface area contributed by atoms with Crippen LogP contribution in [0.2, 0.25) is 5.28 Å². The summed E-state index contributed by atoms with van der Waals surface area (Å²) in [5, 5.41) is 17.9. The van der Waals surface area contributed by atoms with Crippen LogP contribution in [0.15, 0.2) is 158 Å². The second kappa shape index (κ2) is 17.2. The summed E-state index contributed by atoms with van der Waals surface area (Å²) < 4.78 is 0. The molecule has 0 aliphatic heterocycles. The number of rotatable bonds is 9. The number of aromatic nitrogens is 8. The van der Waals surface area contributed by atoms with Gasteiger partial charge in [0.15, 0.2) is 5.82 Å². The second-order valence-electron chi connectivity index (χ2n) is 12.6. The smallest absolute Gasteiger partial charge is 0.232 e. The quantitative estimate of drug-likeness (QED) is 0.135. The van der Waals surface area contributed by atoms with E-state index in [9.17, 15) is 0 Å². The number of anilines is 2. The molecule has 0 saturated heterocycles. The summed E-state index contributed by atoms with van der Waals surface area (Å²) in [5.74, 6) is 1.99. The molecule has 0 aliphatic carbocycles. The normalized spacial score (nSPS) is 10.7. The Kier molecular flexibility index (Phi) is 11.0. The van der Waals surface area contributed by atoms with E-state index >= 15 is 0 Å². The number of hydrogen-bond acceptors (Lipinski definition) is 11. The van der Waals surface area contributed by atoms with Crippen molar-refractivity contribution in [2.24, 2.45) is 0 Å². The zero-order valence-electron chi connectivity index (χ0n) is 30.3. The van der Waals surface area contributed by atoms with Crippen molar-refractivity contribution in [3.05, 3.63) is 181 Å². The van der Waals surface area contributed by atoms with E-state index in [1.165, 1.54) is 0 Å². The lowest BCUT2D eigenvalue weighted by Gasteiger charge is -2.14. The van der Waals surface area contributed by atoms with Crippen molar-refractivity contribution >= 4 is 45.0 Å². The number of fused-ring (bicyclic) bond motifs is 2. The molecule has 2 N–H and O–H groups in total. The van der Waals surface area contributed by atoms with Crippen LogP contribution in [0, 0.1) is 11.3 Å². The van der Waals surface area contributed by atoms with E-state index < -0.39 is 0 Å². The average molecular weight is 762 g/mol. The van der Waals surface area contributed by atoms with Crippen molar-refractivity contribution in [3.63, 3.8) is 0 Å². The van der Waals surface area contributed by atoms with Crippen LogP contribution < -0.4 is 10.6 Å². The molecular formula is C45H32ClN11. The van der Waals surface area contributed by atoms with E-state index in [-0.39, 0.29) is 11.1 Å².